The van der Waals surface area contributed by atoms with Crippen molar-refractivity contribution in [3.63, 3.8) is 0 Å². The van der Waals surface area contributed by atoms with E-state index >= 15 is 0 Å². The summed E-state index contributed by atoms with van der Waals surface area (Å²) in [6.07, 6.45) is 10.3. The molecule has 19 heavy (non-hydrogen) atoms. The van der Waals surface area contributed by atoms with Gasteiger partial charge >= 0.3 is 0 Å². The fraction of sp³-hybridized carbons (Fsp3) is 0.176. The normalized spacial score (nSPS) is 10.8. The highest BCUT2D eigenvalue weighted by atomic mass is 16.1. The van der Waals surface area contributed by atoms with Crippen LogP contribution in [0.15, 0.2) is 48.8 Å². The lowest BCUT2D eigenvalue weighted by molar-refractivity contribution is -0.697. The molecule has 0 fully saturated rings. The molecule has 0 saturated carbocycles. The van der Waals surface area contributed by atoms with Crippen LogP contribution in [0.2, 0.25) is 0 Å². The molecule has 0 aliphatic rings. The fourth-order valence-corrected chi connectivity index (χ4v) is 1.87. The van der Waals surface area contributed by atoms with Crippen molar-refractivity contribution in [2.45, 2.75) is 19.9 Å². The summed E-state index contributed by atoms with van der Waals surface area (Å²) in [5, 5.41) is 0. The maximum Gasteiger partial charge on any atom is 0.169 e. The van der Waals surface area contributed by atoms with Crippen LogP contribution in [-0.4, -0.2) is 6.29 Å². The van der Waals surface area contributed by atoms with E-state index in [9.17, 15) is 4.79 Å². The van der Waals surface area contributed by atoms with E-state index in [0.717, 1.165) is 24.8 Å². The molecule has 0 aliphatic carbocycles. The standard InChI is InChI=1S/C17H18NO/c1-2-11-18-12-9-16(10-13-18)4-3-15-5-7-17(14-19)8-6-15/h3-10,12-14H,2,11H2,1H3/q+1/b4-3+. The molecular weight excluding hydrogens is 234 g/mol. The van der Waals surface area contributed by atoms with Gasteiger partial charge in [-0.3, -0.25) is 4.79 Å². The first-order chi connectivity index (χ1) is 9.31. The molecule has 1 aromatic heterocycles. The maximum atomic E-state index is 10.6. The number of aldehydes is 1. The van der Waals surface area contributed by atoms with Crippen molar-refractivity contribution in [3.8, 4) is 0 Å². The zero-order chi connectivity index (χ0) is 13.5. The number of hydrogen-bond acceptors (Lipinski definition) is 1. The molecule has 2 aromatic rings. The summed E-state index contributed by atoms with van der Waals surface area (Å²) in [6, 6.07) is 11.7. The summed E-state index contributed by atoms with van der Waals surface area (Å²) in [4.78, 5) is 10.6. The highest BCUT2D eigenvalue weighted by Crippen LogP contribution is 2.08. The second-order valence-corrected chi connectivity index (χ2v) is 4.49. The van der Waals surface area contributed by atoms with Crippen LogP contribution in [0.3, 0.4) is 0 Å². The highest BCUT2D eigenvalue weighted by molar-refractivity contribution is 5.76. The number of hydrogen-bond donors (Lipinski definition) is 0. The van der Waals surface area contributed by atoms with Crippen molar-refractivity contribution < 1.29 is 9.36 Å². The van der Waals surface area contributed by atoms with Crippen LogP contribution in [0.4, 0.5) is 0 Å². The van der Waals surface area contributed by atoms with Crippen molar-refractivity contribution in [2.75, 3.05) is 0 Å². The van der Waals surface area contributed by atoms with Gasteiger partial charge in [0, 0.05) is 24.1 Å². The molecule has 0 saturated heterocycles. The van der Waals surface area contributed by atoms with E-state index in [2.05, 4.69) is 42.1 Å². The quantitative estimate of drug-likeness (QED) is 0.590. The molecule has 1 heterocycles. The number of nitrogens with zero attached hydrogens (tertiary/aromatic N) is 1. The van der Waals surface area contributed by atoms with Gasteiger partial charge in [-0.1, -0.05) is 43.3 Å². The molecular formula is C17H18NO+. The molecule has 2 rings (SSSR count). The van der Waals surface area contributed by atoms with Crippen molar-refractivity contribution in [2.24, 2.45) is 0 Å². The lowest BCUT2D eigenvalue weighted by Gasteiger charge is -1.96. The summed E-state index contributed by atoms with van der Waals surface area (Å²) in [7, 11) is 0. The summed E-state index contributed by atoms with van der Waals surface area (Å²) >= 11 is 0. The lowest BCUT2D eigenvalue weighted by Crippen LogP contribution is -2.31. The molecule has 0 radical (unpaired) electrons. The van der Waals surface area contributed by atoms with E-state index in [1.54, 1.807) is 0 Å². The van der Waals surface area contributed by atoms with Gasteiger partial charge in [-0.25, -0.2) is 4.57 Å². The third kappa shape index (κ3) is 3.88. The molecule has 1 aromatic carbocycles. The Hall–Kier alpha value is -2.22. The van der Waals surface area contributed by atoms with Gasteiger partial charge in [0.05, 0.1) is 0 Å². The first-order valence-electron chi connectivity index (χ1n) is 6.54. The smallest absolute Gasteiger partial charge is 0.169 e. The molecule has 0 bridgehead atoms. The summed E-state index contributed by atoms with van der Waals surface area (Å²) in [6.45, 7) is 3.22. The van der Waals surface area contributed by atoms with Crippen LogP contribution < -0.4 is 4.57 Å². The monoisotopic (exact) mass is 252 g/mol. The largest absolute Gasteiger partial charge is 0.298 e. The highest BCUT2D eigenvalue weighted by Gasteiger charge is 1.96. The van der Waals surface area contributed by atoms with Crippen LogP contribution in [0.5, 0.6) is 0 Å². The Bertz CT molecular complexity index is 553. The van der Waals surface area contributed by atoms with E-state index in [-0.39, 0.29) is 0 Å². The molecule has 96 valence electrons. The zero-order valence-corrected chi connectivity index (χ0v) is 11.1. The topological polar surface area (TPSA) is 20.9 Å². The Balaban J connectivity index is 2.06. The van der Waals surface area contributed by atoms with Crippen molar-refractivity contribution in [3.05, 3.63) is 65.5 Å². The van der Waals surface area contributed by atoms with Gasteiger partial charge in [0.15, 0.2) is 12.4 Å². The Kier molecular flexibility index (Phi) is 4.62. The van der Waals surface area contributed by atoms with Crippen molar-refractivity contribution in [1.29, 1.82) is 0 Å². The van der Waals surface area contributed by atoms with Gasteiger partial charge in [0.2, 0.25) is 0 Å². The number of carbonyl (C=O) groups excluding carboxylic acids is 1. The lowest BCUT2D eigenvalue weighted by atomic mass is 10.1. The number of rotatable bonds is 5. The second kappa shape index (κ2) is 6.64. The summed E-state index contributed by atoms with van der Waals surface area (Å²) in [5.41, 5.74) is 2.97. The van der Waals surface area contributed by atoms with Crippen LogP contribution >= 0.6 is 0 Å². The minimum Gasteiger partial charge on any atom is -0.298 e. The minimum absolute atomic E-state index is 0.706. The van der Waals surface area contributed by atoms with E-state index < -0.39 is 0 Å². The number of aromatic nitrogens is 1. The van der Waals surface area contributed by atoms with Gasteiger partial charge in [0.25, 0.3) is 0 Å². The third-order valence-electron chi connectivity index (χ3n) is 2.94. The summed E-state index contributed by atoms with van der Waals surface area (Å²) < 4.78 is 2.18. The van der Waals surface area contributed by atoms with Crippen LogP contribution in [0.25, 0.3) is 12.2 Å². The molecule has 0 atom stereocenters. The number of pyridine rings is 1. The number of benzene rings is 1. The Morgan fingerprint density at radius 1 is 0.895 bits per heavy atom. The predicted octanol–water partition coefficient (Wildman–Crippen LogP) is 3.37. The molecule has 0 N–H and O–H groups in total. The zero-order valence-electron chi connectivity index (χ0n) is 11.1. The molecule has 0 amide bonds. The van der Waals surface area contributed by atoms with Gasteiger partial charge in [-0.15, -0.1) is 0 Å². The van der Waals surface area contributed by atoms with E-state index in [1.807, 2.05) is 30.3 Å². The average molecular weight is 252 g/mol. The number of aryl methyl sites for hydroxylation is 1. The molecule has 0 unspecified atom stereocenters. The van der Waals surface area contributed by atoms with E-state index in [0.29, 0.717) is 5.56 Å². The fourth-order valence-electron chi connectivity index (χ4n) is 1.87. The number of carbonyl (C=O) groups is 1. The van der Waals surface area contributed by atoms with Gasteiger partial charge in [-0.05, 0) is 11.1 Å². The first kappa shape index (κ1) is 13.2. The van der Waals surface area contributed by atoms with Gasteiger partial charge < -0.3 is 0 Å². The Morgan fingerprint density at radius 2 is 1.42 bits per heavy atom. The van der Waals surface area contributed by atoms with Gasteiger partial charge in [0.1, 0.15) is 12.8 Å². The second-order valence-electron chi connectivity index (χ2n) is 4.49. The van der Waals surface area contributed by atoms with Gasteiger partial charge in [-0.2, -0.15) is 0 Å². The Morgan fingerprint density at radius 3 is 1.95 bits per heavy atom. The average Bonchev–Trinajstić information content (AvgIpc) is 2.47. The molecule has 2 nitrogen and oxygen atoms in total. The van der Waals surface area contributed by atoms with Crippen molar-refractivity contribution in [1.82, 2.24) is 0 Å². The first-order valence-corrected chi connectivity index (χ1v) is 6.54. The summed E-state index contributed by atoms with van der Waals surface area (Å²) in [5.74, 6) is 0. The Labute approximate surface area is 114 Å². The predicted molar refractivity (Wildman–Crippen MR) is 77.7 cm³/mol. The maximum absolute atomic E-state index is 10.6. The van der Waals surface area contributed by atoms with Crippen LogP contribution in [0.1, 0.15) is 34.8 Å². The van der Waals surface area contributed by atoms with Crippen LogP contribution in [-0.2, 0) is 6.54 Å². The SMILES string of the molecule is CCC[n+]1ccc(/C=C/c2ccc(C=O)cc2)cc1. The molecule has 0 aliphatic heterocycles. The van der Waals surface area contributed by atoms with Crippen LogP contribution in [0, 0.1) is 0 Å². The molecule has 2 heteroatoms. The van der Waals surface area contributed by atoms with Crippen molar-refractivity contribution >= 4 is 18.4 Å². The van der Waals surface area contributed by atoms with E-state index in [1.165, 1.54) is 5.56 Å². The minimum atomic E-state index is 0.706. The molecule has 0 spiro atoms. The third-order valence-corrected chi connectivity index (χ3v) is 2.94. The van der Waals surface area contributed by atoms with E-state index in [4.69, 9.17) is 0 Å².